The average molecular weight is 524 g/mol. The molecule has 36 heavy (non-hydrogen) atoms. The second-order valence-electron chi connectivity index (χ2n) is 8.58. The third-order valence-corrected chi connectivity index (χ3v) is 8.45. The van der Waals surface area contributed by atoms with Gasteiger partial charge in [-0.15, -0.1) is 11.3 Å². The van der Waals surface area contributed by atoms with Gasteiger partial charge in [-0.1, -0.05) is 25.5 Å². The molecule has 2 aromatic heterocycles. The predicted molar refractivity (Wildman–Crippen MR) is 146 cm³/mol. The molecule has 0 atom stereocenters. The molecule has 8 nitrogen and oxygen atoms in total. The highest BCUT2D eigenvalue weighted by atomic mass is 32.2. The van der Waals surface area contributed by atoms with Crippen LogP contribution in [0, 0.1) is 0 Å². The molecule has 0 saturated carbocycles. The van der Waals surface area contributed by atoms with Gasteiger partial charge in [0, 0.05) is 36.6 Å². The van der Waals surface area contributed by atoms with Gasteiger partial charge in [-0.2, -0.15) is 0 Å². The van der Waals surface area contributed by atoms with Crippen molar-refractivity contribution in [2.45, 2.75) is 24.7 Å². The molecule has 188 valence electrons. The van der Waals surface area contributed by atoms with Gasteiger partial charge in [0.25, 0.3) is 0 Å². The number of thiophene rings is 1. The third-order valence-electron chi connectivity index (χ3n) is 6.06. The van der Waals surface area contributed by atoms with Gasteiger partial charge < -0.3 is 15.0 Å². The van der Waals surface area contributed by atoms with E-state index in [0.29, 0.717) is 12.5 Å². The van der Waals surface area contributed by atoms with Gasteiger partial charge in [-0.3, -0.25) is 0 Å². The molecule has 0 amide bonds. The normalized spacial score (nSPS) is 14.3. The number of hydrogen-bond acceptors (Lipinski definition) is 8. The monoisotopic (exact) mass is 523 g/mol. The summed E-state index contributed by atoms with van der Waals surface area (Å²) in [4.78, 5) is 12.0. The molecule has 0 unspecified atom stereocenters. The summed E-state index contributed by atoms with van der Waals surface area (Å²) in [6.07, 6.45) is 1.74. The van der Waals surface area contributed by atoms with E-state index >= 15 is 0 Å². The van der Waals surface area contributed by atoms with E-state index in [2.05, 4.69) is 32.1 Å². The molecule has 2 N–H and O–H groups in total. The second kappa shape index (κ2) is 10.9. The van der Waals surface area contributed by atoms with Crippen molar-refractivity contribution in [1.82, 2.24) is 14.7 Å². The van der Waals surface area contributed by atoms with E-state index in [0.717, 1.165) is 72.0 Å². The Morgan fingerprint density at radius 2 is 1.75 bits per heavy atom. The summed E-state index contributed by atoms with van der Waals surface area (Å²) in [5.74, 6) is 0.493. The Morgan fingerprint density at radius 1 is 1.00 bits per heavy atom. The standard InChI is InChI=1S/C26H29N5O3S2/c1-2-3-13-27-36(32,33)22-10-4-19(5-11-22)24-25-23(12-18-35-25)29-26(30-24)28-20-6-8-21(9-7-20)31-14-16-34-17-15-31/h4-12,18,27H,2-3,13-17H2,1H3,(H,28,29,30). The van der Waals surface area contributed by atoms with E-state index < -0.39 is 10.0 Å². The molecule has 0 aliphatic carbocycles. The molecule has 3 heterocycles. The SMILES string of the molecule is CCCCNS(=O)(=O)c1ccc(-c2nc(Nc3ccc(N4CCOCC4)cc3)nc3ccsc23)cc1. The minimum Gasteiger partial charge on any atom is -0.378 e. The molecule has 1 aliphatic rings. The third kappa shape index (κ3) is 5.52. The smallest absolute Gasteiger partial charge is 0.240 e. The van der Waals surface area contributed by atoms with Gasteiger partial charge in [0.15, 0.2) is 0 Å². The lowest BCUT2D eigenvalue weighted by atomic mass is 10.1. The first-order chi connectivity index (χ1) is 17.5. The molecular weight excluding hydrogens is 494 g/mol. The molecule has 1 saturated heterocycles. The lowest BCUT2D eigenvalue weighted by Gasteiger charge is -2.28. The molecule has 0 spiro atoms. The van der Waals surface area contributed by atoms with Crippen molar-refractivity contribution in [2.75, 3.05) is 43.1 Å². The van der Waals surface area contributed by atoms with Crippen LogP contribution in [0.4, 0.5) is 17.3 Å². The summed E-state index contributed by atoms with van der Waals surface area (Å²) in [5.41, 5.74) is 4.51. The Hall–Kier alpha value is -3.05. The average Bonchev–Trinajstić information content (AvgIpc) is 3.38. The Labute approximate surface area is 215 Å². The van der Waals surface area contributed by atoms with Crippen molar-refractivity contribution in [1.29, 1.82) is 0 Å². The van der Waals surface area contributed by atoms with E-state index in [1.165, 1.54) is 0 Å². The maximum Gasteiger partial charge on any atom is 0.240 e. The van der Waals surface area contributed by atoms with Gasteiger partial charge in [0.05, 0.1) is 34.0 Å². The summed E-state index contributed by atoms with van der Waals surface area (Å²) < 4.78 is 34.2. The molecule has 2 aromatic carbocycles. The summed E-state index contributed by atoms with van der Waals surface area (Å²) in [7, 11) is -3.53. The molecule has 5 rings (SSSR count). The number of hydrogen-bond donors (Lipinski definition) is 2. The van der Waals surface area contributed by atoms with Crippen LogP contribution in [0.15, 0.2) is 64.9 Å². The first-order valence-corrected chi connectivity index (χ1v) is 14.4. The van der Waals surface area contributed by atoms with Crippen molar-refractivity contribution in [3.63, 3.8) is 0 Å². The zero-order chi connectivity index (χ0) is 25.0. The minimum atomic E-state index is -3.53. The van der Waals surface area contributed by atoms with Crippen molar-refractivity contribution in [3.8, 4) is 11.3 Å². The topological polar surface area (TPSA) is 96.5 Å². The van der Waals surface area contributed by atoms with Crippen LogP contribution in [0.5, 0.6) is 0 Å². The largest absolute Gasteiger partial charge is 0.378 e. The Kier molecular flexibility index (Phi) is 7.47. The maximum atomic E-state index is 12.6. The van der Waals surface area contributed by atoms with E-state index in [-0.39, 0.29) is 4.90 Å². The molecule has 1 aliphatic heterocycles. The number of morpholine rings is 1. The molecule has 0 bridgehead atoms. The van der Waals surface area contributed by atoms with Crippen molar-refractivity contribution >= 4 is 48.9 Å². The zero-order valence-corrected chi connectivity index (χ0v) is 21.7. The fraction of sp³-hybridized carbons (Fsp3) is 0.308. The van der Waals surface area contributed by atoms with E-state index in [1.54, 1.807) is 35.6 Å². The number of sulfonamides is 1. The summed E-state index contributed by atoms with van der Waals surface area (Å²) >= 11 is 1.57. The van der Waals surface area contributed by atoms with Crippen LogP contribution in [0.2, 0.25) is 0 Å². The number of unbranched alkanes of at least 4 members (excludes halogenated alkanes) is 1. The summed E-state index contributed by atoms with van der Waals surface area (Å²) in [6, 6.07) is 17.1. The molecular formula is C26H29N5O3S2. The van der Waals surface area contributed by atoms with Crippen LogP contribution in [-0.2, 0) is 14.8 Å². The number of aromatic nitrogens is 2. The Bertz CT molecular complexity index is 1410. The number of benzene rings is 2. The van der Waals surface area contributed by atoms with Crippen LogP contribution in [-0.4, -0.2) is 51.2 Å². The number of ether oxygens (including phenoxy) is 1. The molecule has 1 fully saturated rings. The van der Waals surface area contributed by atoms with Crippen molar-refractivity contribution in [2.24, 2.45) is 0 Å². The van der Waals surface area contributed by atoms with E-state index in [4.69, 9.17) is 9.72 Å². The van der Waals surface area contributed by atoms with Crippen LogP contribution < -0.4 is 14.9 Å². The lowest BCUT2D eigenvalue weighted by molar-refractivity contribution is 0.122. The molecule has 4 aromatic rings. The predicted octanol–water partition coefficient (Wildman–Crippen LogP) is 5.02. The number of nitrogens with one attached hydrogen (secondary N) is 2. The van der Waals surface area contributed by atoms with Gasteiger partial charge in [-0.25, -0.2) is 23.1 Å². The van der Waals surface area contributed by atoms with Gasteiger partial charge in [0.1, 0.15) is 0 Å². The van der Waals surface area contributed by atoms with Crippen LogP contribution in [0.1, 0.15) is 19.8 Å². The fourth-order valence-corrected chi connectivity index (χ4v) is 6.00. The number of nitrogens with zero attached hydrogens (tertiary/aromatic N) is 3. The summed E-state index contributed by atoms with van der Waals surface area (Å²) in [5, 5.41) is 5.31. The van der Waals surface area contributed by atoms with E-state index in [9.17, 15) is 8.42 Å². The van der Waals surface area contributed by atoms with Crippen LogP contribution >= 0.6 is 11.3 Å². The lowest BCUT2D eigenvalue weighted by Crippen LogP contribution is -2.36. The van der Waals surface area contributed by atoms with Crippen molar-refractivity contribution in [3.05, 3.63) is 60.0 Å². The summed E-state index contributed by atoms with van der Waals surface area (Å²) in [6.45, 7) is 5.75. The second-order valence-corrected chi connectivity index (χ2v) is 11.3. The zero-order valence-electron chi connectivity index (χ0n) is 20.1. The highest BCUT2D eigenvalue weighted by molar-refractivity contribution is 7.89. The van der Waals surface area contributed by atoms with Gasteiger partial charge in [-0.05, 0) is 54.3 Å². The maximum absolute atomic E-state index is 12.6. The quantitative estimate of drug-likeness (QED) is 0.298. The first-order valence-electron chi connectivity index (χ1n) is 12.1. The van der Waals surface area contributed by atoms with Crippen molar-refractivity contribution < 1.29 is 13.2 Å². The van der Waals surface area contributed by atoms with Crippen LogP contribution in [0.25, 0.3) is 21.5 Å². The number of anilines is 3. The minimum absolute atomic E-state index is 0.248. The first kappa shape index (κ1) is 24.6. The fourth-order valence-electron chi connectivity index (χ4n) is 4.08. The Morgan fingerprint density at radius 3 is 2.47 bits per heavy atom. The number of fused-ring (bicyclic) bond motifs is 1. The Balaban J connectivity index is 1.38. The number of rotatable bonds is 9. The highest BCUT2D eigenvalue weighted by Gasteiger charge is 2.16. The van der Waals surface area contributed by atoms with Crippen LogP contribution in [0.3, 0.4) is 0 Å². The molecule has 10 heteroatoms. The molecule has 0 radical (unpaired) electrons. The van der Waals surface area contributed by atoms with E-state index in [1.807, 2.05) is 30.5 Å². The van der Waals surface area contributed by atoms with Gasteiger partial charge >= 0.3 is 0 Å². The van der Waals surface area contributed by atoms with Gasteiger partial charge in [0.2, 0.25) is 16.0 Å². The highest BCUT2D eigenvalue weighted by Crippen LogP contribution is 2.32.